The van der Waals surface area contributed by atoms with Gasteiger partial charge in [-0.2, -0.15) is 0 Å². The maximum atomic E-state index is 11.4. The molecule has 3 nitrogen and oxygen atoms in total. The third kappa shape index (κ3) is 10.2. The zero-order valence-corrected chi connectivity index (χ0v) is 10.9. The molecule has 0 saturated carbocycles. The Morgan fingerprint density at radius 3 is 2.07 bits per heavy atom. The molecule has 0 aromatic heterocycles. The number of rotatable bonds is 10. The van der Waals surface area contributed by atoms with Crippen LogP contribution in [-0.2, 0) is 10.0 Å². The van der Waals surface area contributed by atoms with Crippen LogP contribution >= 0.6 is 0 Å². The number of hydrogen-bond donors (Lipinski definition) is 1. The third-order valence-corrected chi connectivity index (χ3v) is 3.81. The van der Waals surface area contributed by atoms with E-state index in [0.29, 0.717) is 12.3 Å². The van der Waals surface area contributed by atoms with Gasteiger partial charge in [0.25, 0.3) is 0 Å². The Labute approximate surface area is 94.7 Å². The summed E-state index contributed by atoms with van der Waals surface area (Å²) >= 11 is 0. The first-order chi connectivity index (χ1) is 7.12. The first kappa shape index (κ1) is 14.9. The van der Waals surface area contributed by atoms with Gasteiger partial charge in [-0.3, -0.25) is 0 Å². The van der Waals surface area contributed by atoms with Crippen molar-refractivity contribution in [2.45, 2.75) is 58.8 Å². The molecule has 92 valence electrons. The summed E-state index contributed by atoms with van der Waals surface area (Å²) < 4.78 is 25.3. The monoisotopic (exact) mass is 235 g/mol. The largest absolute Gasteiger partial charge is 0.215 e. The summed E-state index contributed by atoms with van der Waals surface area (Å²) in [5, 5.41) is 0. The van der Waals surface area contributed by atoms with Gasteiger partial charge in [-0.05, 0) is 12.8 Å². The summed E-state index contributed by atoms with van der Waals surface area (Å²) in [5.74, 6) is 0.291. The van der Waals surface area contributed by atoms with Crippen molar-refractivity contribution in [1.29, 1.82) is 0 Å². The van der Waals surface area contributed by atoms with Crippen LogP contribution in [0.1, 0.15) is 58.8 Å². The Bertz CT molecular complexity index is 225. The highest BCUT2D eigenvalue weighted by Gasteiger charge is 2.07. The van der Waals surface area contributed by atoms with Gasteiger partial charge in [0.1, 0.15) is 0 Å². The molecule has 0 rings (SSSR count). The van der Waals surface area contributed by atoms with E-state index in [1.165, 1.54) is 19.3 Å². The molecule has 0 saturated heterocycles. The summed E-state index contributed by atoms with van der Waals surface area (Å²) in [6.07, 6.45) is 7.58. The maximum Gasteiger partial charge on any atom is 0.211 e. The van der Waals surface area contributed by atoms with E-state index in [0.717, 1.165) is 25.7 Å². The highest BCUT2D eigenvalue weighted by molar-refractivity contribution is 7.89. The summed E-state index contributed by atoms with van der Waals surface area (Å²) in [7, 11) is -2.99. The van der Waals surface area contributed by atoms with Crippen molar-refractivity contribution in [2.75, 3.05) is 12.3 Å². The lowest BCUT2D eigenvalue weighted by Crippen LogP contribution is -2.26. The minimum atomic E-state index is -2.99. The number of sulfonamides is 1. The molecule has 0 aromatic rings. The predicted molar refractivity (Wildman–Crippen MR) is 65.5 cm³/mol. The molecule has 0 aliphatic heterocycles. The second kappa shape index (κ2) is 9.16. The summed E-state index contributed by atoms with van der Waals surface area (Å²) in [6, 6.07) is 0. The van der Waals surface area contributed by atoms with Gasteiger partial charge >= 0.3 is 0 Å². The fourth-order valence-electron chi connectivity index (χ4n) is 1.40. The van der Waals surface area contributed by atoms with Crippen LogP contribution in [0.3, 0.4) is 0 Å². The highest BCUT2D eigenvalue weighted by atomic mass is 32.2. The first-order valence-corrected chi connectivity index (χ1v) is 7.75. The smallest absolute Gasteiger partial charge is 0.211 e. The molecular formula is C11H25NO2S. The molecule has 0 aromatic carbocycles. The molecule has 0 aliphatic carbocycles. The van der Waals surface area contributed by atoms with E-state index in [1.54, 1.807) is 0 Å². The van der Waals surface area contributed by atoms with Crippen LogP contribution in [0.5, 0.6) is 0 Å². The van der Waals surface area contributed by atoms with Crippen molar-refractivity contribution < 1.29 is 8.42 Å². The Morgan fingerprint density at radius 1 is 0.867 bits per heavy atom. The van der Waals surface area contributed by atoms with Crippen LogP contribution in [-0.4, -0.2) is 20.7 Å². The van der Waals surface area contributed by atoms with E-state index < -0.39 is 10.0 Å². The van der Waals surface area contributed by atoms with Gasteiger partial charge in [0, 0.05) is 6.54 Å². The van der Waals surface area contributed by atoms with E-state index in [4.69, 9.17) is 0 Å². The lowest BCUT2D eigenvalue weighted by Gasteiger charge is -2.04. The summed E-state index contributed by atoms with van der Waals surface area (Å²) in [6.45, 7) is 4.71. The van der Waals surface area contributed by atoms with Crippen molar-refractivity contribution in [2.24, 2.45) is 0 Å². The van der Waals surface area contributed by atoms with Crippen LogP contribution < -0.4 is 4.72 Å². The lowest BCUT2D eigenvalue weighted by molar-refractivity contribution is 0.570. The first-order valence-electron chi connectivity index (χ1n) is 6.09. The zero-order valence-electron chi connectivity index (χ0n) is 10.1. The summed E-state index contributed by atoms with van der Waals surface area (Å²) in [4.78, 5) is 0. The maximum absolute atomic E-state index is 11.4. The lowest BCUT2D eigenvalue weighted by atomic mass is 10.1. The fraction of sp³-hybridized carbons (Fsp3) is 1.00. The van der Waals surface area contributed by atoms with Crippen LogP contribution in [0.2, 0.25) is 0 Å². The van der Waals surface area contributed by atoms with Crippen molar-refractivity contribution in [3.05, 3.63) is 0 Å². The van der Waals surface area contributed by atoms with Crippen molar-refractivity contribution in [3.63, 3.8) is 0 Å². The van der Waals surface area contributed by atoms with E-state index in [9.17, 15) is 8.42 Å². The molecule has 0 unspecified atom stereocenters. The molecule has 0 aliphatic rings. The quantitative estimate of drug-likeness (QED) is 0.592. The SMILES string of the molecule is CCCCCCCCS(=O)(=O)NCCC. The van der Waals surface area contributed by atoms with Gasteiger partial charge in [-0.1, -0.05) is 46.0 Å². The standard InChI is InChI=1S/C11H25NO2S/c1-3-5-6-7-8-9-11-15(13,14)12-10-4-2/h12H,3-11H2,1-2H3. The predicted octanol–water partition coefficient (Wildman–Crippen LogP) is 2.68. The second-order valence-electron chi connectivity index (χ2n) is 3.98. The molecule has 0 spiro atoms. The molecular weight excluding hydrogens is 210 g/mol. The number of nitrogens with one attached hydrogen (secondary N) is 1. The molecule has 0 radical (unpaired) electrons. The third-order valence-electron chi connectivity index (χ3n) is 2.34. The minimum Gasteiger partial charge on any atom is -0.215 e. The van der Waals surface area contributed by atoms with Crippen LogP contribution in [0, 0.1) is 0 Å². The molecule has 0 bridgehead atoms. The Hall–Kier alpha value is -0.0900. The average molecular weight is 235 g/mol. The average Bonchev–Trinajstić information content (AvgIpc) is 2.20. The Morgan fingerprint density at radius 2 is 1.47 bits per heavy atom. The normalized spacial score (nSPS) is 11.9. The second-order valence-corrected chi connectivity index (χ2v) is 5.91. The van der Waals surface area contributed by atoms with Gasteiger partial charge in [0.05, 0.1) is 5.75 Å². The topological polar surface area (TPSA) is 46.2 Å². The van der Waals surface area contributed by atoms with E-state index in [1.807, 2.05) is 6.92 Å². The van der Waals surface area contributed by atoms with Crippen LogP contribution in [0.4, 0.5) is 0 Å². The number of unbranched alkanes of at least 4 members (excludes halogenated alkanes) is 5. The van der Waals surface area contributed by atoms with E-state index >= 15 is 0 Å². The number of hydrogen-bond acceptors (Lipinski definition) is 2. The van der Waals surface area contributed by atoms with E-state index in [-0.39, 0.29) is 0 Å². The van der Waals surface area contributed by atoms with Crippen molar-refractivity contribution >= 4 is 10.0 Å². The Balaban J connectivity index is 3.41. The summed E-state index contributed by atoms with van der Waals surface area (Å²) in [5.41, 5.74) is 0. The Kier molecular flexibility index (Phi) is 9.10. The van der Waals surface area contributed by atoms with Crippen molar-refractivity contribution in [1.82, 2.24) is 4.72 Å². The van der Waals surface area contributed by atoms with Gasteiger partial charge in [-0.25, -0.2) is 13.1 Å². The molecule has 0 heterocycles. The van der Waals surface area contributed by atoms with Crippen LogP contribution in [0.25, 0.3) is 0 Å². The van der Waals surface area contributed by atoms with Crippen molar-refractivity contribution in [3.8, 4) is 0 Å². The van der Waals surface area contributed by atoms with Gasteiger partial charge < -0.3 is 0 Å². The van der Waals surface area contributed by atoms with Gasteiger partial charge in [0.15, 0.2) is 0 Å². The molecule has 0 amide bonds. The fourth-order valence-corrected chi connectivity index (χ4v) is 2.65. The molecule has 0 atom stereocenters. The highest BCUT2D eigenvalue weighted by Crippen LogP contribution is 2.05. The minimum absolute atomic E-state index is 0.291. The van der Waals surface area contributed by atoms with Gasteiger partial charge in [0.2, 0.25) is 10.0 Å². The molecule has 15 heavy (non-hydrogen) atoms. The van der Waals surface area contributed by atoms with Gasteiger partial charge in [-0.15, -0.1) is 0 Å². The zero-order chi connectivity index (χ0) is 11.6. The molecule has 1 N–H and O–H groups in total. The molecule has 0 fully saturated rings. The molecule has 4 heteroatoms. The van der Waals surface area contributed by atoms with Crippen LogP contribution in [0.15, 0.2) is 0 Å². The van der Waals surface area contributed by atoms with E-state index in [2.05, 4.69) is 11.6 Å².